The zero-order valence-corrected chi connectivity index (χ0v) is 15.5. The summed E-state index contributed by atoms with van der Waals surface area (Å²) in [6.45, 7) is 3.27. The molecular formula is C18H20N2O2S2. The van der Waals surface area contributed by atoms with Gasteiger partial charge in [0.25, 0.3) is 5.91 Å². The van der Waals surface area contributed by atoms with E-state index in [0.29, 0.717) is 6.54 Å². The number of carbonyl (C=O) groups is 1. The smallest absolute Gasteiger partial charge is 0.254 e. The molecule has 1 aromatic carbocycles. The molecule has 1 aliphatic heterocycles. The van der Waals surface area contributed by atoms with Gasteiger partial charge in [-0.05, 0) is 30.7 Å². The molecule has 1 aromatic heterocycles. The minimum atomic E-state index is 0.0151. The van der Waals surface area contributed by atoms with Crippen LogP contribution in [0.25, 0.3) is 0 Å². The van der Waals surface area contributed by atoms with E-state index in [9.17, 15) is 4.79 Å². The lowest BCUT2D eigenvalue weighted by molar-refractivity contribution is 0.0774. The quantitative estimate of drug-likeness (QED) is 0.802. The standard InChI is InChI=1S/C18H20N2O2S2/c1-13-7-8-15(22-13)11-20(2)17(21)16-6-4-3-5-14(16)12-24-18-19-9-10-23-18/h3-8H,9-12H2,1-2H3. The number of amides is 1. The van der Waals surface area contributed by atoms with Crippen LogP contribution in [0.3, 0.4) is 0 Å². The van der Waals surface area contributed by atoms with Crippen LogP contribution < -0.4 is 0 Å². The normalized spacial score (nSPS) is 13.8. The lowest BCUT2D eigenvalue weighted by Crippen LogP contribution is -2.26. The molecule has 0 spiro atoms. The van der Waals surface area contributed by atoms with Gasteiger partial charge in [-0.1, -0.05) is 41.7 Å². The fourth-order valence-corrected chi connectivity index (χ4v) is 4.49. The predicted molar refractivity (Wildman–Crippen MR) is 102 cm³/mol. The van der Waals surface area contributed by atoms with E-state index in [1.807, 2.05) is 43.3 Å². The first-order valence-corrected chi connectivity index (χ1v) is 9.79. The van der Waals surface area contributed by atoms with Crippen LogP contribution in [-0.4, -0.2) is 34.5 Å². The SMILES string of the molecule is Cc1ccc(CN(C)C(=O)c2ccccc2CSC2=NCCS2)o1. The summed E-state index contributed by atoms with van der Waals surface area (Å²) < 4.78 is 6.69. The van der Waals surface area contributed by atoms with E-state index in [0.717, 1.165) is 45.1 Å². The Morgan fingerprint density at radius 1 is 1.33 bits per heavy atom. The molecule has 1 aliphatic rings. The second kappa shape index (κ2) is 7.94. The Balaban J connectivity index is 1.69. The summed E-state index contributed by atoms with van der Waals surface area (Å²) in [5.74, 6) is 3.50. The Hall–Kier alpha value is -1.66. The molecule has 0 bridgehead atoms. The van der Waals surface area contributed by atoms with E-state index in [2.05, 4.69) is 4.99 Å². The van der Waals surface area contributed by atoms with Crippen LogP contribution >= 0.6 is 23.5 Å². The lowest BCUT2D eigenvalue weighted by Gasteiger charge is -2.18. The average molecular weight is 361 g/mol. The number of hydrogen-bond acceptors (Lipinski definition) is 5. The van der Waals surface area contributed by atoms with Crippen molar-refractivity contribution in [3.05, 3.63) is 59.0 Å². The molecule has 0 fully saturated rings. The molecule has 0 saturated carbocycles. The number of furan rings is 1. The first-order valence-electron chi connectivity index (χ1n) is 7.82. The van der Waals surface area contributed by atoms with Crippen molar-refractivity contribution in [2.75, 3.05) is 19.3 Å². The van der Waals surface area contributed by atoms with Gasteiger partial charge in [-0.15, -0.1) is 0 Å². The van der Waals surface area contributed by atoms with Crippen LogP contribution in [0.5, 0.6) is 0 Å². The molecule has 0 saturated heterocycles. The van der Waals surface area contributed by atoms with Gasteiger partial charge >= 0.3 is 0 Å². The Morgan fingerprint density at radius 3 is 2.88 bits per heavy atom. The summed E-state index contributed by atoms with van der Waals surface area (Å²) >= 11 is 3.50. The summed E-state index contributed by atoms with van der Waals surface area (Å²) in [6.07, 6.45) is 0. The Bertz CT molecular complexity index is 755. The van der Waals surface area contributed by atoms with Crippen LogP contribution in [0.4, 0.5) is 0 Å². The summed E-state index contributed by atoms with van der Waals surface area (Å²) in [6, 6.07) is 11.6. The molecule has 6 heteroatoms. The summed E-state index contributed by atoms with van der Waals surface area (Å²) in [4.78, 5) is 19.0. The van der Waals surface area contributed by atoms with Crippen molar-refractivity contribution in [3.63, 3.8) is 0 Å². The van der Waals surface area contributed by atoms with Gasteiger partial charge in [0.05, 0.1) is 13.1 Å². The van der Waals surface area contributed by atoms with Gasteiger partial charge in [-0.2, -0.15) is 0 Å². The first kappa shape index (κ1) is 17.2. The molecule has 0 atom stereocenters. The molecule has 1 amide bonds. The molecule has 0 aliphatic carbocycles. The number of nitrogens with zero attached hydrogens (tertiary/aromatic N) is 2. The number of hydrogen-bond donors (Lipinski definition) is 0. The number of aliphatic imine (C=N–C) groups is 1. The number of rotatable bonds is 5. The van der Waals surface area contributed by atoms with E-state index in [4.69, 9.17) is 4.42 Å². The first-order chi connectivity index (χ1) is 11.6. The second-order valence-electron chi connectivity index (χ2n) is 5.62. The number of aryl methyl sites for hydroxylation is 1. The molecule has 24 heavy (non-hydrogen) atoms. The molecule has 2 aromatic rings. The third-order valence-corrected chi connectivity index (χ3v) is 5.99. The summed E-state index contributed by atoms with van der Waals surface area (Å²) in [5, 5.41) is 0. The van der Waals surface area contributed by atoms with E-state index in [1.165, 1.54) is 0 Å². The topological polar surface area (TPSA) is 45.8 Å². The molecule has 4 nitrogen and oxygen atoms in total. The molecule has 2 heterocycles. The highest BCUT2D eigenvalue weighted by molar-refractivity contribution is 8.38. The zero-order chi connectivity index (χ0) is 16.9. The summed E-state index contributed by atoms with van der Waals surface area (Å²) in [5.41, 5.74) is 1.80. The van der Waals surface area contributed by atoms with Crippen molar-refractivity contribution in [2.45, 2.75) is 19.2 Å². The van der Waals surface area contributed by atoms with E-state index in [-0.39, 0.29) is 5.91 Å². The van der Waals surface area contributed by atoms with Gasteiger partial charge in [0.15, 0.2) is 0 Å². The van der Waals surface area contributed by atoms with Crippen LogP contribution in [-0.2, 0) is 12.3 Å². The highest BCUT2D eigenvalue weighted by atomic mass is 32.2. The van der Waals surface area contributed by atoms with Crippen LogP contribution in [0.15, 0.2) is 45.8 Å². The van der Waals surface area contributed by atoms with Gasteiger partial charge < -0.3 is 9.32 Å². The molecule has 3 rings (SSSR count). The minimum Gasteiger partial charge on any atom is -0.464 e. The molecular weight excluding hydrogens is 340 g/mol. The Morgan fingerprint density at radius 2 is 2.17 bits per heavy atom. The van der Waals surface area contributed by atoms with Crippen molar-refractivity contribution in [2.24, 2.45) is 4.99 Å². The van der Waals surface area contributed by atoms with Gasteiger partial charge in [0.1, 0.15) is 15.9 Å². The van der Waals surface area contributed by atoms with Gasteiger partial charge in [-0.25, -0.2) is 0 Å². The average Bonchev–Trinajstić information content (AvgIpc) is 3.24. The van der Waals surface area contributed by atoms with E-state index >= 15 is 0 Å². The molecule has 0 unspecified atom stereocenters. The largest absolute Gasteiger partial charge is 0.464 e. The Labute approximate surface area is 150 Å². The fourth-order valence-electron chi connectivity index (χ4n) is 2.48. The number of carbonyl (C=O) groups excluding carboxylic acids is 1. The Kier molecular flexibility index (Phi) is 5.68. The third kappa shape index (κ3) is 4.24. The maximum atomic E-state index is 12.8. The van der Waals surface area contributed by atoms with Crippen molar-refractivity contribution in [3.8, 4) is 0 Å². The van der Waals surface area contributed by atoms with Crippen molar-refractivity contribution < 1.29 is 9.21 Å². The van der Waals surface area contributed by atoms with Gasteiger partial charge in [0.2, 0.25) is 0 Å². The second-order valence-corrected chi connectivity index (χ2v) is 7.92. The highest BCUT2D eigenvalue weighted by Gasteiger charge is 2.18. The maximum absolute atomic E-state index is 12.8. The van der Waals surface area contributed by atoms with Crippen LogP contribution in [0.2, 0.25) is 0 Å². The van der Waals surface area contributed by atoms with Crippen molar-refractivity contribution >= 4 is 33.8 Å². The molecule has 0 radical (unpaired) electrons. The minimum absolute atomic E-state index is 0.0151. The summed E-state index contributed by atoms with van der Waals surface area (Å²) in [7, 11) is 1.81. The monoisotopic (exact) mass is 360 g/mol. The number of benzene rings is 1. The van der Waals surface area contributed by atoms with E-state index in [1.54, 1.807) is 35.5 Å². The molecule has 0 N–H and O–H groups in total. The van der Waals surface area contributed by atoms with Crippen molar-refractivity contribution in [1.29, 1.82) is 0 Å². The number of thioether (sulfide) groups is 2. The fraction of sp³-hybridized carbons (Fsp3) is 0.333. The highest BCUT2D eigenvalue weighted by Crippen LogP contribution is 2.27. The van der Waals surface area contributed by atoms with Gasteiger partial charge in [-0.3, -0.25) is 9.79 Å². The zero-order valence-electron chi connectivity index (χ0n) is 13.8. The third-order valence-electron chi connectivity index (χ3n) is 3.69. The molecule has 126 valence electrons. The maximum Gasteiger partial charge on any atom is 0.254 e. The van der Waals surface area contributed by atoms with E-state index < -0.39 is 0 Å². The van der Waals surface area contributed by atoms with Crippen LogP contribution in [0, 0.1) is 6.92 Å². The van der Waals surface area contributed by atoms with Crippen LogP contribution in [0.1, 0.15) is 27.4 Å². The predicted octanol–water partition coefficient (Wildman–Crippen LogP) is 4.20. The lowest BCUT2D eigenvalue weighted by atomic mass is 10.1. The van der Waals surface area contributed by atoms with Gasteiger partial charge in [0, 0.05) is 24.1 Å². The van der Waals surface area contributed by atoms with Crippen molar-refractivity contribution in [1.82, 2.24) is 4.90 Å².